The van der Waals surface area contributed by atoms with E-state index in [1.807, 2.05) is 18.2 Å². The van der Waals surface area contributed by atoms with Crippen LogP contribution in [0.15, 0.2) is 30.3 Å². The van der Waals surface area contributed by atoms with E-state index in [1.54, 1.807) is 0 Å². The van der Waals surface area contributed by atoms with Gasteiger partial charge in [0.1, 0.15) is 6.04 Å². The number of carbonyl (C=O) groups is 1. The SMILES string of the molecule is COC(=O)[C@@H](CC(C)C)NCCCCOCc1ccccc1. The molecule has 0 bridgehead atoms. The predicted molar refractivity (Wildman–Crippen MR) is 88.6 cm³/mol. The number of benzene rings is 1. The lowest BCUT2D eigenvalue weighted by Crippen LogP contribution is -2.39. The topological polar surface area (TPSA) is 47.6 Å². The number of methoxy groups -OCH3 is 1. The Morgan fingerprint density at radius 2 is 1.91 bits per heavy atom. The van der Waals surface area contributed by atoms with Crippen LogP contribution in [0, 0.1) is 5.92 Å². The molecule has 0 aliphatic rings. The molecule has 0 heterocycles. The Hall–Kier alpha value is -1.39. The van der Waals surface area contributed by atoms with E-state index in [9.17, 15) is 4.79 Å². The van der Waals surface area contributed by atoms with Gasteiger partial charge >= 0.3 is 5.97 Å². The first-order valence-electron chi connectivity index (χ1n) is 8.06. The Kier molecular flexibility index (Phi) is 9.51. The minimum atomic E-state index is -0.199. The molecule has 124 valence electrons. The number of esters is 1. The van der Waals surface area contributed by atoms with Gasteiger partial charge in [0.15, 0.2) is 0 Å². The number of unbranched alkanes of at least 4 members (excludes halogenated alkanes) is 1. The molecule has 1 aromatic rings. The molecular weight excluding hydrogens is 278 g/mol. The Morgan fingerprint density at radius 1 is 1.18 bits per heavy atom. The molecule has 1 aromatic carbocycles. The van der Waals surface area contributed by atoms with Crippen molar-refractivity contribution in [2.75, 3.05) is 20.3 Å². The molecule has 1 atom stereocenters. The van der Waals surface area contributed by atoms with Gasteiger partial charge in [0.25, 0.3) is 0 Å². The summed E-state index contributed by atoms with van der Waals surface area (Å²) in [4.78, 5) is 11.7. The molecule has 0 aliphatic heterocycles. The lowest BCUT2D eigenvalue weighted by atomic mass is 10.0. The molecule has 4 nitrogen and oxygen atoms in total. The van der Waals surface area contributed by atoms with Crippen molar-refractivity contribution in [1.29, 1.82) is 0 Å². The minimum absolute atomic E-state index is 0.172. The van der Waals surface area contributed by atoms with Crippen LogP contribution in [0.25, 0.3) is 0 Å². The Balaban J connectivity index is 2.09. The van der Waals surface area contributed by atoms with Gasteiger partial charge < -0.3 is 14.8 Å². The maximum Gasteiger partial charge on any atom is 0.322 e. The molecule has 0 saturated carbocycles. The number of hydrogen-bond acceptors (Lipinski definition) is 4. The summed E-state index contributed by atoms with van der Waals surface area (Å²) in [6.07, 6.45) is 2.77. The Morgan fingerprint density at radius 3 is 2.55 bits per heavy atom. The van der Waals surface area contributed by atoms with Gasteiger partial charge in [-0.3, -0.25) is 4.79 Å². The molecule has 0 unspecified atom stereocenters. The second-order valence-electron chi connectivity index (χ2n) is 5.90. The van der Waals surface area contributed by atoms with Gasteiger partial charge in [0.2, 0.25) is 0 Å². The lowest BCUT2D eigenvalue weighted by molar-refractivity contribution is -0.143. The molecule has 1 N–H and O–H groups in total. The van der Waals surface area contributed by atoms with Crippen LogP contribution in [-0.4, -0.2) is 32.3 Å². The summed E-state index contributed by atoms with van der Waals surface area (Å²) >= 11 is 0. The van der Waals surface area contributed by atoms with Gasteiger partial charge in [-0.05, 0) is 37.3 Å². The first kappa shape index (κ1) is 18.7. The highest BCUT2D eigenvalue weighted by Gasteiger charge is 2.19. The molecule has 0 radical (unpaired) electrons. The van der Waals surface area contributed by atoms with Gasteiger partial charge in [0, 0.05) is 6.61 Å². The molecule has 0 fully saturated rings. The highest BCUT2D eigenvalue weighted by atomic mass is 16.5. The number of nitrogens with one attached hydrogen (secondary N) is 1. The molecule has 1 rings (SSSR count). The standard InChI is InChI=1S/C18H29NO3/c1-15(2)13-17(18(20)21-3)19-11-7-8-12-22-14-16-9-5-4-6-10-16/h4-6,9-10,15,17,19H,7-8,11-14H2,1-3H3/t17-/m1/s1. The second kappa shape index (κ2) is 11.2. The molecule has 0 aromatic heterocycles. The quantitative estimate of drug-likeness (QED) is 0.504. The largest absolute Gasteiger partial charge is 0.468 e. The summed E-state index contributed by atoms with van der Waals surface area (Å²) in [5.74, 6) is 0.292. The molecule has 22 heavy (non-hydrogen) atoms. The monoisotopic (exact) mass is 307 g/mol. The van der Waals surface area contributed by atoms with Crippen LogP contribution in [0.3, 0.4) is 0 Å². The minimum Gasteiger partial charge on any atom is -0.468 e. The molecule has 0 aliphatic carbocycles. The van der Waals surface area contributed by atoms with Crippen molar-refractivity contribution in [1.82, 2.24) is 5.32 Å². The van der Waals surface area contributed by atoms with Crippen molar-refractivity contribution < 1.29 is 14.3 Å². The fourth-order valence-corrected chi connectivity index (χ4v) is 2.25. The molecular formula is C18H29NO3. The van der Waals surface area contributed by atoms with Crippen molar-refractivity contribution in [3.05, 3.63) is 35.9 Å². The third-order valence-electron chi connectivity index (χ3n) is 3.41. The second-order valence-corrected chi connectivity index (χ2v) is 5.90. The number of rotatable bonds is 11. The molecule has 0 saturated heterocycles. The van der Waals surface area contributed by atoms with Crippen LogP contribution in [-0.2, 0) is 20.9 Å². The number of hydrogen-bond donors (Lipinski definition) is 1. The van der Waals surface area contributed by atoms with Crippen LogP contribution in [0.4, 0.5) is 0 Å². The van der Waals surface area contributed by atoms with E-state index < -0.39 is 0 Å². The van der Waals surface area contributed by atoms with Crippen molar-refractivity contribution in [3.8, 4) is 0 Å². The summed E-state index contributed by atoms with van der Waals surface area (Å²) < 4.78 is 10.5. The van der Waals surface area contributed by atoms with Gasteiger partial charge in [-0.1, -0.05) is 44.2 Å². The maximum atomic E-state index is 11.7. The third kappa shape index (κ3) is 8.15. The lowest BCUT2D eigenvalue weighted by Gasteiger charge is -2.18. The molecule has 0 amide bonds. The van der Waals surface area contributed by atoms with E-state index in [-0.39, 0.29) is 12.0 Å². The zero-order valence-electron chi connectivity index (χ0n) is 14.0. The summed E-state index contributed by atoms with van der Waals surface area (Å²) in [6, 6.07) is 9.97. The summed E-state index contributed by atoms with van der Waals surface area (Å²) in [7, 11) is 1.44. The van der Waals surface area contributed by atoms with Gasteiger partial charge in [-0.15, -0.1) is 0 Å². The van der Waals surface area contributed by atoms with Crippen molar-refractivity contribution in [2.45, 2.75) is 45.8 Å². The summed E-state index contributed by atoms with van der Waals surface area (Å²) in [5, 5.41) is 3.28. The predicted octanol–water partition coefficient (Wildman–Crippen LogP) is 3.16. The van der Waals surface area contributed by atoms with Crippen molar-refractivity contribution >= 4 is 5.97 Å². The Labute approximate surface area is 134 Å². The van der Waals surface area contributed by atoms with Gasteiger partial charge in [0.05, 0.1) is 13.7 Å². The third-order valence-corrected chi connectivity index (χ3v) is 3.41. The van der Waals surface area contributed by atoms with Crippen molar-refractivity contribution in [2.24, 2.45) is 5.92 Å². The summed E-state index contributed by atoms with van der Waals surface area (Å²) in [5.41, 5.74) is 1.20. The molecule has 0 spiro atoms. The first-order chi connectivity index (χ1) is 10.6. The fourth-order valence-electron chi connectivity index (χ4n) is 2.25. The highest BCUT2D eigenvalue weighted by Crippen LogP contribution is 2.06. The Bertz CT molecular complexity index is 406. The van der Waals surface area contributed by atoms with Gasteiger partial charge in [-0.2, -0.15) is 0 Å². The van der Waals surface area contributed by atoms with Crippen LogP contribution in [0.1, 0.15) is 38.7 Å². The maximum absolute atomic E-state index is 11.7. The smallest absolute Gasteiger partial charge is 0.322 e. The first-order valence-corrected chi connectivity index (χ1v) is 8.06. The summed E-state index contributed by atoms with van der Waals surface area (Å²) in [6.45, 7) is 6.42. The highest BCUT2D eigenvalue weighted by molar-refractivity contribution is 5.75. The molecule has 4 heteroatoms. The van der Waals surface area contributed by atoms with E-state index in [2.05, 4.69) is 31.3 Å². The van der Waals surface area contributed by atoms with Crippen LogP contribution in [0.2, 0.25) is 0 Å². The van der Waals surface area contributed by atoms with E-state index in [1.165, 1.54) is 12.7 Å². The number of ether oxygens (including phenoxy) is 2. The zero-order valence-corrected chi connectivity index (χ0v) is 14.0. The van der Waals surface area contributed by atoms with E-state index in [0.29, 0.717) is 12.5 Å². The normalized spacial score (nSPS) is 12.4. The zero-order chi connectivity index (χ0) is 16.2. The average molecular weight is 307 g/mol. The van der Waals surface area contributed by atoms with Crippen LogP contribution >= 0.6 is 0 Å². The van der Waals surface area contributed by atoms with E-state index >= 15 is 0 Å². The number of carbonyl (C=O) groups excluding carboxylic acids is 1. The fraction of sp³-hybridized carbons (Fsp3) is 0.611. The van der Waals surface area contributed by atoms with Gasteiger partial charge in [-0.25, -0.2) is 0 Å². The average Bonchev–Trinajstić information content (AvgIpc) is 2.52. The van der Waals surface area contributed by atoms with Crippen molar-refractivity contribution in [3.63, 3.8) is 0 Å². The van der Waals surface area contributed by atoms with E-state index in [4.69, 9.17) is 9.47 Å². The van der Waals surface area contributed by atoms with Crippen LogP contribution < -0.4 is 5.32 Å². The van der Waals surface area contributed by atoms with Crippen LogP contribution in [0.5, 0.6) is 0 Å². The van der Waals surface area contributed by atoms with E-state index in [0.717, 1.165) is 32.4 Å².